The van der Waals surface area contributed by atoms with Gasteiger partial charge in [-0.2, -0.15) is 0 Å². The molecule has 8 aromatic carbocycles. The molecule has 0 amide bonds. The van der Waals surface area contributed by atoms with Gasteiger partial charge in [-0.3, -0.25) is 0 Å². The number of fused-ring (bicyclic) bond motifs is 2. The lowest BCUT2D eigenvalue weighted by Gasteiger charge is -2.35. The van der Waals surface area contributed by atoms with E-state index >= 15 is 0 Å². The van der Waals surface area contributed by atoms with E-state index < -0.39 is 8.07 Å². The molecule has 0 bridgehead atoms. The number of hydrogen-bond donors (Lipinski definition) is 0. The second-order valence-electron chi connectivity index (χ2n) is 12.5. The Hall–Kier alpha value is -4.98. The third kappa shape index (κ3) is 3.43. The van der Waals surface area contributed by atoms with Crippen LogP contribution in [-0.4, -0.2) is 8.07 Å². The van der Waals surface area contributed by atoms with Crippen molar-refractivity contribution >= 4 is 50.8 Å². The number of benzene rings is 8. The van der Waals surface area contributed by atoms with Gasteiger partial charge in [-0.1, -0.05) is 147 Å². The van der Waals surface area contributed by atoms with Crippen LogP contribution in [0.4, 0.5) is 0 Å². The quantitative estimate of drug-likeness (QED) is 0.148. The first-order valence-electron chi connectivity index (χ1n) is 15.2. The van der Waals surface area contributed by atoms with Crippen LogP contribution in [0.5, 0.6) is 0 Å². The van der Waals surface area contributed by atoms with Gasteiger partial charge in [0.15, 0.2) is 0 Å². The monoisotopic (exact) mass is 562 g/mol. The zero-order chi connectivity index (χ0) is 28.7. The van der Waals surface area contributed by atoms with Crippen molar-refractivity contribution in [3.63, 3.8) is 0 Å². The lowest BCUT2D eigenvalue weighted by atomic mass is 9.81. The van der Waals surface area contributed by atoms with Crippen LogP contribution in [0.15, 0.2) is 146 Å². The molecule has 0 unspecified atom stereocenters. The van der Waals surface area contributed by atoms with Gasteiger partial charge in [0, 0.05) is 0 Å². The number of rotatable bonds is 3. The highest BCUT2D eigenvalue weighted by Crippen LogP contribution is 2.49. The maximum Gasteiger partial charge on any atom is 0.113 e. The molecule has 0 radical (unpaired) electrons. The van der Waals surface area contributed by atoms with Crippen LogP contribution < -0.4 is 10.4 Å². The lowest BCUT2D eigenvalue weighted by molar-refractivity contribution is 1.61. The van der Waals surface area contributed by atoms with E-state index in [1.54, 1.807) is 5.19 Å². The Morgan fingerprint density at radius 3 is 1.42 bits per heavy atom. The van der Waals surface area contributed by atoms with E-state index in [4.69, 9.17) is 0 Å². The first-order chi connectivity index (χ1) is 21.1. The highest BCUT2D eigenvalue weighted by molar-refractivity contribution is 7.03. The summed E-state index contributed by atoms with van der Waals surface area (Å²) in [7, 11) is -2.01. The van der Waals surface area contributed by atoms with Crippen LogP contribution in [0.3, 0.4) is 0 Å². The van der Waals surface area contributed by atoms with Gasteiger partial charge < -0.3 is 0 Å². The molecule has 0 saturated carbocycles. The van der Waals surface area contributed by atoms with Crippen LogP contribution in [0.25, 0.3) is 76.8 Å². The van der Waals surface area contributed by atoms with Crippen molar-refractivity contribution in [2.45, 2.75) is 13.1 Å². The minimum absolute atomic E-state index is 1.26. The fourth-order valence-electron chi connectivity index (χ4n) is 7.78. The molecule has 202 valence electrons. The highest BCUT2D eigenvalue weighted by atomic mass is 28.3. The van der Waals surface area contributed by atoms with E-state index in [9.17, 15) is 0 Å². The van der Waals surface area contributed by atoms with Crippen molar-refractivity contribution in [3.8, 4) is 44.5 Å². The minimum Gasteiger partial charge on any atom is -0.0623 e. The molecule has 1 heterocycles. The molecule has 1 aliphatic rings. The van der Waals surface area contributed by atoms with Gasteiger partial charge in [0.2, 0.25) is 0 Å². The molecule has 0 aromatic heterocycles. The smallest absolute Gasteiger partial charge is 0.0623 e. The van der Waals surface area contributed by atoms with Gasteiger partial charge in [-0.05, 0) is 99.3 Å². The van der Waals surface area contributed by atoms with Gasteiger partial charge in [0.25, 0.3) is 0 Å². The molecule has 0 saturated heterocycles. The van der Waals surface area contributed by atoms with Crippen molar-refractivity contribution in [2.24, 2.45) is 0 Å². The van der Waals surface area contributed by atoms with E-state index in [1.165, 1.54) is 82.0 Å². The van der Waals surface area contributed by atoms with Gasteiger partial charge in [-0.25, -0.2) is 0 Å². The average molecular weight is 563 g/mol. The predicted molar refractivity (Wildman–Crippen MR) is 189 cm³/mol. The van der Waals surface area contributed by atoms with Gasteiger partial charge in [0.1, 0.15) is 8.07 Å². The molecule has 0 fully saturated rings. The van der Waals surface area contributed by atoms with Gasteiger partial charge in [-0.15, -0.1) is 0 Å². The van der Waals surface area contributed by atoms with Crippen LogP contribution >= 0.6 is 0 Å². The van der Waals surface area contributed by atoms with Crippen molar-refractivity contribution < 1.29 is 0 Å². The van der Waals surface area contributed by atoms with E-state index in [1.807, 2.05) is 0 Å². The molecule has 8 aromatic rings. The summed E-state index contributed by atoms with van der Waals surface area (Å²) >= 11 is 0. The fourth-order valence-corrected chi connectivity index (χ4v) is 10.9. The van der Waals surface area contributed by atoms with Crippen LogP contribution in [0.2, 0.25) is 13.1 Å². The lowest BCUT2D eigenvalue weighted by Crippen LogP contribution is -2.55. The Balaban J connectivity index is 1.57. The maximum atomic E-state index is 2.55. The van der Waals surface area contributed by atoms with Crippen LogP contribution in [0.1, 0.15) is 0 Å². The molecule has 9 rings (SSSR count). The molecule has 43 heavy (non-hydrogen) atoms. The second kappa shape index (κ2) is 9.01. The van der Waals surface area contributed by atoms with Gasteiger partial charge in [0.05, 0.1) is 0 Å². The summed E-state index contributed by atoms with van der Waals surface area (Å²) in [5.74, 6) is 0. The molecular weight excluding hydrogens is 533 g/mol. The summed E-state index contributed by atoms with van der Waals surface area (Å²) < 4.78 is 0. The van der Waals surface area contributed by atoms with Crippen molar-refractivity contribution in [3.05, 3.63) is 146 Å². The summed E-state index contributed by atoms with van der Waals surface area (Å²) in [6.45, 7) is 5.08. The summed E-state index contributed by atoms with van der Waals surface area (Å²) in [6, 6.07) is 54.4. The van der Waals surface area contributed by atoms with Crippen molar-refractivity contribution in [2.75, 3.05) is 0 Å². The largest absolute Gasteiger partial charge is 0.113 e. The zero-order valence-corrected chi connectivity index (χ0v) is 25.4. The van der Waals surface area contributed by atoms with E-state index in [0.717, 1.165) is 0 Å². The number of hydrogen-bond acceptors (Lipinski definition) is 0. The standard InChI is InChI=1S/C42H30Si/c1-43(2)38-21-13-12-20-30(38)36-25-37-34(28-16-8-4-9-17-28)24-33(27-14-6-3-7-15-27)31-22-23-32-35(29-18-10-5-11-19-29)26-39(43)41(36)42(32)40(31)37/h3-26H,1-2H3. The molecule has 0 N–H and O–H groups in total. The maximum absolute atomic E-state index is 2.55. The first kappa shape index (κ1) is 24.6. The van der Waals surface area contributed by atoms with Crippen LogP contribution in [-0.2, 0) is 0 Å². The van der Waals surface area contributed by atoms with Crippen molar-refractivity contribution in [1.82, 2.24) is 0 Å². The fraction of sp³-hybridized carbons (Fsp3) is 0.0476. The van der Waals surface area contributed by atoms with E-state index in [0.29, 0.717) is 0 Å². The Morgan fingerprint density at radius 2 is 0.814 bits per heavy atom. The van der Waals surface area contributed by atoms with E-state index in [-0.39, 0.29) is 0 Å². The molecule has 1 heteroatoms. The minimum atomic E-state index is -2.01. The Kier molecular flexibility index (Phi) is 5.15. The molecule has 0 nitrogen and oxygen atoms in total. The topological polar surface area (TPSA) is 0 Å². The summed E-state index contributed by atoms with van der Waals surface area (Å²) in [5, 5.41) is 11.4. The molecule has 0 aliphatic carbocycles. The Labute approximate surface area is 253 Å². The first-order valence-corrected chi connectivity index (χ1v) is 18.2. The zero-order valence-electron chi connectivity index (χ0n) is 24.4. The summed E-state index contributed by atoms with van der Waals surface area (Å²) in [6.07, 6.45) is 0. The normalized spacial score (nSPS) is 13.5. The molecular formula is C42H30Si. The summed E-state index contributed by atoms with van der Waals surface area (Å²) in [5.41, 5.74) is 10.5. The molecule has 1 aliphatic heterocycles. The third-order valence-electron chi connectivity index (χ3n) is 9.82. The van der Waals surface area contributed by atoms with Crippen LogP contribution in [0, 0.1) is 0 Å². The van der Waals surface area contributed by atoms with E-state index in [2.05, 4.69) is 159 Å². The second-order valence-corrected chi connectivity index (χ2v) is 16.8. The Morgan fingerprint density at radius 1 is 0.326 bits per heavy atom. The molecule has 0 atom stereocenters. The highest BCUT2D eigenvalue weighted by Gasteiger charge is 2.37. The Bertz CT molecular complexity index is 2330. The predicted octanol–water partition coefficient (Wildman–Crippen LogP) is 10.4. The summed E-state index contributed by atoms with van der Waals surface area (Å²) in [4.78, 5) is 0. The molecule has 0 spiro atoms. The average Bonchev–Trinajstić information content (AvgIpc) is 3.07. The third-order valence-corrected chi connectivity index (χ3v) is 13.3. The van der Waals surface area contributed by atoms with Crippen molar-refractivity contribution in [1.29, 1.82) is 0 Å². The van der Waals surface area contributed by atoms with Gasteiger partial charge >= 0.3 is 0 Å². The SMILES string of the molecule is C[Si]1(C)c2ccccc2-c2cc3c(-c4ccccc4)cc(-c4ccccc4)c4ccc5c(-c6ccccc6)cc1c2c5c43.